The van der Waals surface area contributed by atoms with Crippen LogP contribution < -0.4 is 10.1 Å². The Kier molecular flexibility index (Phi) is 7.01. The first-order valence-electron chi connectivity index (χ1n) is 12.6. The van der Waals surface area contributed by atoms with Crippen LogP contribution >= 0.6 is 0 Å². The van der Waals surface area contributed by atoms with Crippen LogP contribution in [0.5, 0.6) is 5.75 Å². The average molecular weight is 489 g/mol. The molecule has 36 heavy (non-hydrogen) atoms. The summed E-state index contributed by atoms with van der Waals surface area (Å²) in [5.41, 5.74) is 4.73. The van der Waals surface area contributed by atoms with Crippen molar-refractivity contribution < 1.29 is 13.9 Å². The molecule has 188 valence electrons. The van der Waals surface area contributed by atoms with Gasteiger partial charge in [-0.1, -0.05) is 30.3 Å². The number of aromatic nitrogens is 2. The molecule has 5 rings (SSSR count). The van der Waals surface area contributed by atoms with Crippen molar-refractivity contribution in [1.82, 2.24) is 20.2 Å². The minimum Gasteiger partial charge on any atom is -0.493 e. The number of hydrogen-bond donors (Lipinski definition) is 1. The van der Waals surface area contributed by atoms with E-state index in [1.165, 1.54) is 23.0 Å². The van der Waals surface area contributed by atoms with Gasteiger partial charge in [-0.2, -0.15) is 0 Å². The SMILES string of the molecule is C[C@H](NC(=O)Cc1cncnc1)c1ccc(CN2CCc3cc(OC[C@@H]4CC4(C)F)ccc3C2)cc1. The monoisotopic (exact) mass is 488 g/mol. The van der Waals surface area contributed by atoms with Crippen LogP contribution in [-0.2, 0) is 30.7 Å². The predicted octanol–water partition coefficient (Wildman–Crippen LogP) is 4.58. The number of alkyl halides is 1. The summed E-state index contributed by atoms with van der Waals surface area (Å²) in [5, 5.41) is 3.05. The van der Waals surface area contributed by atoms with Crippen molar-refractivity contribution >= 4 is 5.91 Å². The number of halogens is 1. The van der Waals surface area contributed by atoms with Crippen LogP contribution in [0.15, 0.2) is 61.2 Å². The van der Waals surface area contributed by atoms with Crippen LogP contribution in [0.1, 0.15) is 54.1 Å². The van der Waals surface area contributed by atoms with Gasteiger partial charge in [0.1, 0.15) is 17.7 Å². The molecule has 2 heterocycles. The van der Waals surface area contributed by atoms with Gasteiger partial charge in [-0.15, -0.1) is 0 Å². The molecule has 1 N–H and O–H groups in total. The molecule has 7 heteroatoms. The Bertz CT molecular complexity index is 1200. The van der Waals surface area contributed by atoms with Gasteiger partial charge in [-0.3, -0.25) is 9.69 Å². The van der Waals surface area contributed by atoms with Gasteiger partial charge in [0.2, 0.25) is 5.91 Å². The number of ether oxygens (including phenoxy) is 1. The highest BCUT2D eigenvalue weighted by Crippen LogP contribution is 2.46. The van der Waals surface area contributed by atoms with Crippen molar-refractivity contribution in [2.45, 2.75) is 57.9 Å². The molecule has 2 aliphatic rings. The highest BCUT2D eigenvalue weighted by molar-refractivity contribution is 5.78. The van der Waals surface area contributed by atoms with Crippen LogP contribution in [0.4, 0.5) is 4.39 Å². The lowest BCUT2D eigenvalue weighted by Crippen LogP contribution is -2.30. The van der Waals surface area contributed by atoms with Crippen LogP contribution in [0.25, 0.3) is 0 Å². The molecule has 1 aliphatic carbocycles. The first-order valence-corrected chi connectivity index (χ1v) is 12.6. The van der Waals surface area contributed by atoms with Crippen molar-refractivity contribution in [3.63, 3.8) is 0 Å². The smallest absolute Gasteiger partial charge is 0.225 e. The van der Waals surface area contributed by atoms with E-state index in [9.17, 15) is 9.18 Å². The van der Waals surface area contributed by atoms with Gasteiger partial charge in [-0.25, -0.2) is 14.4 Å². The lowest BCUT2D eigenvalue weighted by atomic mass is 9.98. The molecular formula is C29H33FN4O2. The number of amides is 1. The zero-order chi connectivity index (χ0) is 25.1. The summed E-state index contributed by atoms with van der Waals surface area (Å²) < 4.78 is 19.6. The zero-order valence-electron chi connectivity index (χ0n) is 20.9. The standard InChI is InChI=1S/C29H33FN4O2/c1-20(33-28(35)11-22-14-31-19-32-15-22)23-5-3-21(4-6-23)16-34-10-9-24-12-27(8-7-25(24)17-34)36-18-26-13-29(26,2)30/h3-8,12,14-15,19-20,26H,9-11,13,16-18H2,1-2H3,(H,33,35)/t20-,26-,29?/m0/s1. The predicted molar refractivity (Wildman–Crippen MR) is 136 cm³/mol. The average Bonchev–Trinajstić information content (AvgIpc) is 3.49. The minimum absolute atomic E-state index is 0.0269. The normalized spacial score (nSPS) is 21.9. The molecule has 1 aromatic heterocycles. The number of rotatable bonds is 9. The van der Waals surface area contributed by atoms with Crippen molar-refractivity contribution in [2.75, 3.05) is 13.2 Å². The lowest BCUT2D eigenvalue weighted by molar-refractivity contribution is -0.121. The Balaban J connectivity index is 1.11. The molecule has 3 atom stereocenters. The quantitative estimate of drug-likeness (QED) is 0.478. The van der Waals surface area contributed by atoms with Gasteiger partial charge < -0.3 is 10.1 Å². The van der Waals surface area contributed by atoms with Crippen LogP contribution in [0, 0.1) is 5.92 Å². The molecule has 0 saturated heterocycles. The minimum atomic E-state index is -1.04. The molecule has 1 amide bonds. The Hall–Kier alpha value is -3.32. The Morgan fingerprint density at radius 3 is 2.64 bits per heavy atom. The van der Waals surface area contributed by atoms with Gasteiger partial charge in [0, 0.05) is 37.9 Å². The fourth-order valence-corrected chi connectivity index (χ4v) is 4.82. The maximum absolute atomic E-state index is 13.7. The maximum Gasteiger partial charge on any atom is 0.225 e. The molecular weight excluding hydrogens is 455 g/mol. The fourth-order valence-electron chi connectivity index (χ4n) is 4.82. The molecule has 1 unspecified atom stereocenters. The Labute approximate surface area is 211 Å². The van der Waals surface area contributed by atoms with Crippen molar-refractivity contribution in [3.8, 4) is 5.75 Å². The third kappa shape index (κ3) is 6.08. The van der Waals surface area contributed by atoms with E-state index in [0.29, 0.717) is 13.0 Å². The number of carbonyl (C=O) groups is 1. The fraction of sp³-hybridized carbons (Fsp3) is 0.414. The topological polar surface area (TPSA) is 67.4 Å². The molecule has 0 bridgehead atoms. The second kappa shape index (κ2) is 10.3. The number of benzene rings is 2. The van der Waals surface area contributed by atoms with Gasteiger partial charge >= 0.3 is 0 Å². The van der Waals surface area contributed by atoms with Crippen LogP contribution in [0.2, 0.25) is 0 Å². The van der Waals surface area contributed by atoms with Crippen molar-refractivity contribution in [1.29, 1.82) is 0 Å². The summed E-state index contributed by atoms with van der Waals surface area (Å²) in [5.74, 6) is 0.827. The third-order valence-corrected chi connectivity index (χ3v) is 7.30. The number of hydrogen-bond acceptors (Lipinski definition) is 5. The second-order valence-corrected chi connectivity index (χ2v) is 10.3. The molecule has 3 aromatic rings. The summed E-state index contributed by atoms with van der Waals surface area (Å²) in [6.45, 7) is 6.87. The first-order chi connectivity index (χ1) is 17.4. The number of fused-ring (bicyclic) bond motifs is 1. The van der Waals surface area contributed by atoms with Gasteiger partial charge in [-0.05, 0) is 66.6 Å². The summed E-state index contributed by atoms with van der Waals surface area (Å²) in [4.78, 5) is 22.7. The van der Waals surface area contributed by atoms with Crippen LogP contribution in [0.3, 0.4) is 0 Å². The Morgan fingerprint density at radius 2 is 1.92 bits per heavy atom. The second-order valence-electron chi connectivity index (χ2n) is 10.3. The summed E-state index contributed by atoms with van der Waals surface area (Å²) in [6.07, 6.45) is 6.63. The van der Waals surface area contributed by atoms with Gasteiger partial charge in [0.15, 0.2) is 0 Å². The Morgan fingerprint density at radius 1 is 1.17 bits per heavy atom. The van der Waals surface area contributed by atoms with Crippen molar-refractivity contribution in [2.24, 2.45) is 5.92 Å². The molecule has 1 fully saturated rings. The largest absolute Gasteiger partial charge is 0.493 e. The summed E-state index contributed by atoms with van der Waals surface area (Å²) in [6, 6.07) is 14.7. The number of nitrogens with zero attached hydrogens (tertiary/aromatic N) is 3. The van der Waals surface area contributed by atoms with Gasteiger partial charge in [0.05, 0.1) is 19.1 Å². The van der Waals surface area contributed by atoms with Crippen LogP contribution in [-0.4, -0.2) is 39.6 Å². The van der Waals surface area contributed by atoms with E-state index < -0.39 is 5.67 Å². The molecule has 2 aromatic carbocycles. The molecule has 1 aliphatic heterocycles. The van der Waals surface area contributed by atoms with E-state index in [0.717, 1.165) is 42.9 Å². The lowest BCUT2D eigenvalue weighted by Gasteiger charge is -2.29. The molecule has 0 spiro atoms. The zero-order valence-corrected chi connectivity index (χ0v) is 20.9. The van der Waals surface area contributed by atoms with E-state index in [4.69, 9.17) is 4.74 Å². The van der Waals surface area contributed by atoms with E-state index >= 15 is 0 Å². The first kappa shape index (κ1) is 24.4. The van der Waals surface area contributed by atoms with Gasteiger partial charge in [0.25, 0.3) is 0 Å². The number of carbonyl (C=O) groups excluding carboxylic acids is 1. The summed E-state index contributed by atoms with van der Waals surface area (Å²) >= 11 is 0. The van der Waals surface area contributed by atoms with Crippen molar-refractivity contribution in [3.05, 3.63) is 89.0 Å². The molecule has 0 radical (unpaired) electrons. The highest BCUT2D eigenvalue weighted by atomic mass is 19.1. The summed E-state index contributed by atoms with van der Waals surface area (Å²) in [7, 11) is 0. The van der Waals surface area contributed by atoms with E-state index in [1.54, 1.807) is 19.3 Å². The van der Waals surface area contributed by atoms with E-state index in [2.05, 4.69) is 56.6 Å². The highest BCUT2D eigenvalue weighted by Gasteiger charge is 2.51. The molecule has 6 nitrogen and oxygen atoms in total. The number of nitrogens with one attached hydrogen (secondary N) is 1. The third-order valence-electron chi connectivity index (χ3n) is 7.30. The van der Waals surface area contributed by atoms with E-state index in [-0.39, 0.29) is 24.3 Å². The molecule has 1 saturated carbocycles. The maximum atomic E-state index is 13.7. The van der Waals surface area contributed by atoms with E-state index in [1.807, 2.05) is 13.0 Å².